The second-order valence-corrected chi connectivity index (χ2v) is 2.70. The van der Waals surface area contributed by atoms with E-state index in [2.05, 4.69) is 21.5 Å². The molecule has 0 aliphatic carbocycles. The third kappa shape index (κ3) is 4.10. The average Bonchev–Trinajstić information content (AvgIpc) is 2.19. The summed E-state index contributed by atoms with van der Waals surface area (Å²) < 4.78 is 13.9. The first kappa shape index (κ1) is 10.3. The van der Waals surface area contributed by atoms with E-state index in [9.17, 15) is 4.79 Å². The lowest BCUT2D eigenvalue weighted by molar-refractivity contribution is 0.0217. The van der Waals surface area contributed by atoms with Crippen molar-refractivity contribution in [2.24, 2.45) is 0 Å². The van der Waals surface area contributed by atoms with E-state index in [-0.39, 0.29) is 0 Å². The SMILES string of the molecule is [CH2]OC(=O)OCCN1CCOCC1. The van der Waals surface area contributed by atoms with Crippen LogP contribution >= 0.6 is 0 Å². The fourth-order valence-electron chi connectivity index (χ4n) is 1.12. The predicted molar refractivity (Wildman–Crippen MR) is 45.0 cm³/mol. The van der Waals surface area contributed by atoms with E-state index in [1.165, 1.54) is 0 Å². The summed E-state index contributed by atoms with van der Waals surface area (Å²) in [4.78, 5) is 12.7. The van der Waals surface area contributed by atoms with Gasteiger partial charge in [0.15, 0.2) is 0 Å². The van der Waals surface area contributed by atoms with Crippen molar-refractivity contribution in [3.05, 3.63) is 7.11 Å². The van der Waals surface area contributed by atoms with Crippen molar-refractivity contribution in [3.63, 3.8) is 0 Å². The first-order valence-corrected chi connectivity index (χ1v) is 4.22. The highest BCUT2D eigenvalue weighted by Crippen LogP contribution is 1.96. The van der Waals surface area contributed by atoms with Gasteiger partial charge in [0.05, 0.1) is 13.2 Å². The van der Waals surface area contributed by atoms with E-state index >= 15 is 0 Å². The van der Waals surface area contributed by atoms with Crippen molar-refractivity contribution < 1.29 is 19.0 Å². The molecule has 1 saturated heterocycles. The van der Waals surface area contributed by atoms with E-state index in [1.807, 2.05) is 0 Å². The molecule has 1 radical (unpaired) electrons. The van der Waals surface area contributed by atoms with Crippen LogP contribution in [0.15, 0.2) is 0 Å². The van der Waals surface area contributed by atoms with Gasteiger partial charge in [-0.05, 0) is 0 Å². The topological polar surface area (TPSA) is 48.0 Å². The van der Waals surface area contributed by atoms with Crippen LogP contribution in [0.25, 0.3) is 0 Å². The van der Waals surface area contributed by atoms with Crippen molar-refractivity contribution in [2.45, 2.75) is 0 Å². The zero-order valence-electron chi connectivity index (χ0n) is 7.53. The summed E-state index contributed by atoms with van der Waals surface area (Å²) in [7, 11) is 2.94. The van der Waals surface area contributed by atoms with Gasteiger partial charge in [0, 0.05) is 19.6 Å². The third-order valence-corrected chi connectivity index (χ3v) is 1.85. The zero-order valence-corrected chi connectivity index (χ0v) is 7.53. The second kappa shape index (κ2) is 5.77. The lowest BCUT2D eigenvalue weighted by atomic mass is 10.4. The molecule has 0 N–H and O–H groups in total. The van der Waals surface area contributed by atoms with Crippen LogP contribution in [0.5, 0.6) is 0 Å². The van der Waals surface area contributed by atoms with E-state index < -0.39 is 6.16 Å². The van der Waals surface area contributed by atoms with Crippen molar-refractivity contribution in [1.82, 2.24) is 4.90 Å². The lowest BCUT2D eigenvalue weighted by Gasteiger charge is -2.25. The minimum Gasteiger partial charge on any atom is -0.433 e. The van der Waals surface area contributed by atoms with Crippen LogP contribution in [-0.4, -0.2) is 50.5 Å². The maximum absolute atomic E-state index is 10.5. The summed E-state index contributed by atoms with van der Waals surface area (Å²) in [5.74, 6) is 0. The molecule has 5 nitrogen and oxygen atoms in total. The molecule has 0 bridgehead atoms. The fraction of sp³-hybridized carbons (Fsp3) is 0.750. The molecule has 13 heavy (non-hydrogen) atoms. The molecule has 5 heteroatoms. The Hall–Kier alpha value is -0.810. The Balaban J connectivity index is 2.01. The molecule has 1 aliphatic heterocycles. The smallest absolute Gasteiger partial charge is 0.433 e. The highest BCUT2D eigenvalue weighted by molar-refractivity contribution is 5.59. The molecule has 1 fully saturated rings. The lowest BCUT2D eigenvalue weighted by Crippen LogP contribution is -2.38. The van der Waals surface area contributed by atoms with E-state index in [4.69, 9.17) is 4.74 Å². The molecule has 1 rings (SSSR count). The van der Waals surface area contributed by atoms with Gasteiger partial charge in [0.25, 0.3) is 0 Å². The summed E-state index contributed by atoms with van der Waals surface area (Å²) in [6.07, 6.45) is -0.728. The van der Waals surface area contributed by atoms with Gasteiger partial charge in [-0.15, -0.1) is 0 Å². The fourth-order valence-corrected chi connectivity index (χ4v) is 1.12. The van der Waals surface area contributed by atoms with Gasteiger partial charge in [-0.2, -0.15) is 0 Å². The monoisotopic (exact) mass is 188 g/mol. The summed E-state index contributed by atoms with van der Waals surface area (Å²) in [6.45, 7) is 4.35. The number of rotatable bonds is 3. The van der Waals surface area contributed by atoms with Gasteiger partial charge in [0.2, 0.25) is 0 Å². The van der Waals surface area contributed by atoms with E-state index in [0.29, 0.717) is 6.61 Å². The van der Waals surface area contributed by atoms with Gasteiger partial charge in [-0.1, -0.05) is 0 Å². The summed E-state index contributed by atoms with van der Waals surface area (Å²) >= 11 is 0. The van der Waals surface area contributed by atoms with Crippen LogP contribution in [0.3, 0.4) is 0 Å². The molecule has 0 unspecified atom stereocenters. The number of carbonyl (C=O) groups excluding carboxylic acids is 1. The molecule has 1 heterocycles. The van der Waals surface area contributed by atoms with Crippen molar-refractivity contribution in [3.8, 4) is 0 Å². The molecule has 0 amide bonds. The standard InChI is InChI=1S/C8H14NO4/c1-11-8(10)13-7-4-9-2-5-12-6-3-9/h1-7H2. The maximum atomic E-state index is 10.5. The van der Waals surface area contributed by atoms with Gasteiger partial charge in [-0.3, -0.25) is 4.90 Å². The van der Waals surface area contributed by atoms with Crippen LogP contribution in [0, 0.1) is 7.11 Å². The van der Waals surface area contributed by atoms with Crippen LogP contribution in [0.2, 0.25) is 0 Å². The molecule has 1 aliphatic rings. The van der Waals surface area contributed by atoms with Gasteiger partial charge >= 0.3 is 6.16 Å². The van der Waals surface area contributed by atoms with Crippen molar-refractivity contribution in [1.29, 1.82) is 0 Å². The van der Waals surface area contributed by atoms with Crippen LogP contribution in [0.1, 0.15) is 0 Å². The van der Waals surface area contributed by atoms with Crippen molar-refractivity contribution >= 4 is 6.16 Å². The zero-order chi connectivity index (χ0) is 9.52. The highest BCUT2D eigenvalue weighted by Gasteiger charge is 2.10. The van der Waals surface area contributed by atoms with Gasteiger partial charge in [-0.25, -0.2) is 4.79 Å². The molecule has 0 aromatic heterocycles. The normalized spacial score (nSPS) is 18.2. The predicted octanol–water partition coefficient (Wildman–Crippen LogP) is 0.263. The van der Waals surface area contributed by atoms with E-state index in [1.54, 1.807) is 0 Å². The molecule has 0 aromatic carbocycles. The van der Waals surface area contributed by atoms with Crippen LogP contribution in [0.4, 0.5) is 4.79 Å². The second-order valence-electron chi connectivity index (χ2n) is 2.70. The van der Waals surface area contributed by atoms with Gasteiger partial charge in [0.1, 0.15) is 13.7 Å². The molecule has 0 atom stereocenters. The van der Waals surface area contributed by atoms with E-state index in [0.717, 1.165) is 32.8 Å². The first-order valence-electron chi connectivity index (χ1n) is 4.22. The van der Waals surface area contributed by atoms with Gasteiger partial charge < -0.3 is 14.2 Å². The Morgan fingerprint density at radius 1 is 1.46 bits per heavy atom. The number of morpholine rings is 1. The largest absolute Gasteiger partial charge is 0.508 e. The number of nitrogens with zero attached hydrogens (tertiary/aromatic N) is 1. The third-order valence-electron chi connectivity index (χ3n) is 1.85. The summed E-state index contributed by atoms with van der Waals surface area (Å²) in [5.41, 5.74) is 0. The number of hydrogen-bond acceptors (Lipinski definition) is 5. The molecule has 0 spiro atoms. The number of carbonyl (C=O) groups is 1. The Bertz CT molecular complexity index is 156. The first-order chi connectivity index (χ1) is 6.33. The molecular formula is C8H14NO4. The average molecular weight is 188 g/mol. The summed E-state index contributed by atoms with van der Waals surface area (Å²) in [5, 5.41) is 0. The summed E-state index contributed by atoms with van der Waals surface area (Å²) in [6, 6.07) is 0. The Morgan fingerprint density at radius 3 is 2.77 bits per heavy atom. The quantitative estimate of drug-likeness (QED) is 0.595. The Kier molecular flexibility index (Phi) is 4.56. The van der Waals surface area contributed by atoms with Crippen LogP contribution < -0.4 is 0 Å². The number of ether oxygens (including phenoxy) is 3. The van der Waals surface area contributed by atoms with Crippen molar-refractivity contribution in [2.75, 3.05) is 39.5 Å². The minimum absolute atomic E-state index is 0.342. The Labute approximate surface area is 77.6 Å². The highest BCUT2D eigenvalue weighted by atomic mass is 16.7. The Morgan fingerprint density at radius 2 is 2.15 bits per heavy atom. The molecule has 0 aromatic rings. The minimum atomic E-state index is -0.728. The maximum Gasteiger partial charge on any atom is 0.508 e. The van der Waals surface area contributed by atoms with Crippen LogP contribution in [-0.2, 0) is 14.2 Å². The molecule has 75 valence electrons. The molecule has 0 saturated carbocycles. The molecular weight excluding hydrogens is 174 g/mol. The number of hydrogen-bond donors (Lipinski definition) is 0.